The Morgan fingerprint density at radius 1 is 1.25 bits per heavy atom. The molecule has 0 aliphatic carbocycles. The van der Waals surface area contributed by atoms with Crippen molar-refractivity contribution < 1.29 is 13.2 Å². The second kappa shape index (κ2) is 8.80. The lowest BCUT2D eigenvalue weighted by Crippen LogP contribution is -2.47. The van der Waals surface area contributed by atoms with Crippen LogP contribution in [0.1, 0.15) is 18.4 Å². The summed E-state index contributed by atoms with van der Waals surface area (Å²) < 4.78 is 25.1. The number of carbonyl (C=O) groups is 1. The van der Waals surface area contributed by atoms with Gasteiger partial charge < -0.3 is 5.32 Å². The van der Waals surface area contributed by atoms with Gasteiger partial charge in [0.15, 0.2) is 0 Å². The van der Waals surface area contributed by atoms with Gasteiger partial charge in [-0.2, -0.15) is 0 Å². The number of amides is 1. The molecule has 1 aliphatic heterocycles. The van der Waals surface area contributed by atoms with E-state index in [0.717, 1.165) is 37.9 Å². The van der Waals surface area contributed by atoms with Crippen molar-refractivity contribution in [1.82, 2.24) is 14.9 Å². The number of nitrogens with one attached hydrogen (secondary N) is 2. The van der Waals surface area contributed by atoms with Gasteiger partial charge in [0.05, 0.1) is 12.8 Å². The fourth-order valence-corrected chi connectivity index (χ4v) is 3.74. The minimum atomic E-state index is -3.16. The van der Waals surface area contributed by atoms with E-state index in [1.165, 1.54) is 6.26 Å². The molecule has 134 valence electrons. The van der Waals surface area contributed by atoms with Crippen LogP contribution in [0.3, 0.4) is 0 Å². The highest BCUT2D eigenvalue weighted by atomic mass is 35.5. The van der Waals surface area contributed by atoms with E-state index in [2.05, 4.69) is 14.9 Å². The lowest BCUT2D eigenvalue weighted by atomic mass is 10.1. The second-order valence-corrected chi connectivity index (χ2v) is 8.38. The van der Waals surface area contributed by atoms with Gasteiger partial charge in [-0.15, -0.1) is 0 Å². The maximum absolute atomic E-state index is 12.0. The lowest BCUT2D eigenvalue weighted by Gasteiger charge is -2.31. The quantitative estimate of drug-likeness (QED) is 0.747. The van der Waals surface area contributed by atoms with Gasteiger partial charge in [-0.1, -0.05) is 23.7 Å². The van der Waals surface area contributed by atoms with E-state index in [0.29, 0.717) is 18.1 Å². The minimum Gasteiger partial charge on any atom is -0.355 e. The molecule has 0 radical (unpaired) electrons. The van der Waals surface area contributed by atoms with Crippen LogP contribution in [-0.4, -0.2) is 57.7 Å². The van der Waals surface area contributed by atoms with E-state index < -0.39 is 10.0 Å². The van der Waals surface area contributed by atoms with Crippen molar-refractivity contribution in [3.05, 3.63) is 34.9 Å². The summed E-state index contributed by atoms with van der Waals surface area (Å²) in [5, 5.41) is 3.62. The average molecular weight is 374 g/mol. The Morgan fingerprint density at radius 2 is 1.88 bits per heavy atom. The molecule has 1 fully saturated rings. The van der Waals surface area contributed by atoms with Crippen molar-refractivity contribution in [1.29, 1.82) is 0 Å². The molecular formula is C16H24ClN3O3S. The molecule has 0 saturated carbocycles. The minimum absolute atomic E-state index is 0.00140. The van der Waals surface area contributed by atoms with E-state index in [-0.39, 0.29) is 11.9 Å². The molecule has 0 bridgehead atoms. The molecule has 1 aromatic rings. The molecular weight excluding hydrogens is 350 g/mol. The molecule has 1 saturated heterocycles. The van der Waals surface area contributed by atoms with Gasteiger partial charge in [-0.3, -0.25) is 9.69 Å². The first kappa shape index (κ1) is 19.2. The number of likely N-dealkylation sites (tertiary alicyclic amines) is 1. The van der Waals surface area contributed by atoms with Gasteiger partial charge in [0, 0.05) is 30.7 Å². The number of nitrogens with zero attached hydrogens (tertiary/aromatic N) is 1. The number of halogens is 1. The van der Waals surface area contributed by atoms with Crippen LogP contribution in [0.5, 0.6) is 0 Å². The summed E-state index contributed by atoms with van der Waals surface area (Å²) in [7, 11) is -3.16. The topological polar surface area (TPSA) is 78.5 Å². The van der Waals surface area contributed by atoms with E-state index in [1.807, 2.05) is 24.3 Å². The molecule has 0 spiro atoms. The van der Waals surface area contributed by atoms with Gasteiger partial charge in [0.2, 0.25) is 15.9 Å². The van der Waals surface area contributed by atoms with Gasteiger partial charge in [-0.05, 0) is 37.0 Å². The van der Waals surface area contributed by atoms with Gasteiger partial charge in [-0.25, -0.2) is 13.1 Å². The Labute approximate surface area is 148 Å². The first-order valence-corrected chi connectivity index (χ1v) is 10.3. The number of rotatable bonds is 7. The number of hydrogen-bond acceptors (Lipinski definition) is 4. The van der Waals surface area contributed by atoms with Gasteiger partial charge in [0.25, 0.3) is 0 Å². The van der Waals surface area contributed by atoms with Crippen LogP contribution in [0.4, 0.5) is 0 Å². The Morgan fingerprint density at radius 3 is 2.46 bits per heavy atom. The molecule has 0 aromatic heterocycles. The highest BCUT2D eigenvalue weighted by molar-refractivity contribution is 7.88. The molecule has 2 N–H and O–H groups in total. The Bertz CT molecular complexity index is 641. The molecule has 1 aliphatic rings. The van der Waals surface area contributed by atoms with Crippen molar-refractivity contribution in [3.63, 3.8) is 0 Å². The fraction of sp³-hybridized carbons (Fsp3) is 0.562. The third kappa shape index (κ3) is 7.17. The summed E-state index contributed by atoms with van der Waals surface area (Å²) in [6.07, 6.45) is 3.40. The number of piperidine rings is 1. The second-order valence-electron chi connectivity index (χ2n) is 6.17. The van der Waals surface area contributed by atoms with E-state index in [4.69, 9.17) is 11.6 Å². The van der Waals surface area contributed by atoms with Crippen LogP contribution in [-0.2, 0) is 21.2 Å². The van der Waals surface area contributed by atoms with E-state index >= 15 is 0 Å². The molecule has 1 aromatic carbocycles. The van der Waals surface area contributed by atoms with Crippen LogP contribution in [0.15, 0.2) is 24.3 Å². The lowest BCUT2D eigenvalue weighted by molar-refractivity contribution is -0.122. The van der Waals surface area contributed by atoms with Crippen molar-refractivity contribution in [2.24, 2.45) is 0 Å². The first-order chi connectivity index (χ1) is 11.3. The SMILES string of the molecule is CS(=O)(=O)NC1CCN(CC(=O)NCCc2ccc(Cl)cc2)CC1. The molecule has 8 heteroatoms. The van der Waals surface area contributed by atoms with Crippen molar-refractivity contribution >= 4 is 27.5 Å². The van der Waals surface area contributed by atoms with E-state index in [9.17, 15) is 13.2 Å². The zero-order chi connectivity index (χ0) is 17.6. The van der Waals surface area contributed by atoms with Crippen LogP contribution < -0.4 is 10.0 Å². The Kier molecular flexibility index (Phi) is 7.03. The van der Waals surface area contributed by atoms with Crippen LogP contribution in [0, 0.1) is 0 Å². The maximum Gasteiger partial charge on any atom is 0.234 e. The number of sulfonamides is 1. The zero-order valence-electron chi connectivity index (χ0n) is 13.8. The molecule has 2 rings (SSSR count). The third-order valence-corrected chi connectivity index (χ3v) is 5.00. The Hall–Kier alpha value is -1.15. The fourth-order valence-electron chi connectivity index (χ4n) is 2.77. The van der Waals surface area contributed by atoms with E-state index in [1.54, 1.807) is 0 Å². The van der Waals surface area contributed by atoms with Crippen LogP contribution in [0.25, 0.3) is 0 Å². The summed E-state index contributed by atoms with van der Waals surface area (Å²) >= 11 is 5.84. The van der Waals surface area contributed by atoms with Gasteiger partial charge >= 0.3 is 0 Å². The van der Waals surface area contributed by atoms with Crippen molar-refractivity contribution in [2.45, 2.75) is 25.3 Å². The first-order valence-electron chi connectivity index (χ1n) is 8.02. The summed E-state index contributed by atoms with van der Waals surface area (Å²) in [5.74, 6) is -0.00140. The predicted octanol–water partition coefficient (Wildman–Crippen LogP) is 1.01. The monoisotopic (exact) mass is 373 g/mol. The van der Waals surface area contributed by atoms with Crippen LogP contribution >= 0.6 is 11.6 Å². The highest BCUT2D eigenvalue weighted by Gasteiger charge is 2.22. The number of carbonyl (C=O) groups excluding carboxylic acids is 1. The summed E-state index contributed by atoms with van der Waals surface area (Å²) in [6.45, 7) is 2.38. The number of hydrogen-bond donors (Lipinski definition) is 2. The van der Waals surface area contributed by atoms with Gasteiger partial charge in [0.1, 0.15) is 0 Å². The normalized spacial score (nSPS) is 16.9. The third-order valence-electron chi connectivity index (χ3n) is 3.98. The molecule has 0 unspecified atom stereocenters. The Balaban J connectivity index is 1.64. The van der Waals surface area contributed by atoms with Crippen molar-refractivity contribution in [2.75, 3.05) is 32.4 Å². The van der Waals surface area contributed by atoms with Crippen LogP contribution in [0.2, 0.25) is 5.02 Å². The molecule has 6 nitrogen and oxygen atoms in total. The maximum atomic E-state index is 12.0. The summed E-state index contributed by atoms with van der Waals surface area (Å²) in [6, 6.07) is 7.56. The largest absolute Gasteiger partial charge is 0.355 e. The number of benzene rings is 1. The van der Waals surface area contributed by atoms with Crippen molar-refractivity contribution in [3.8, 4) is 0 Å². The highest BCUT2D eigenvalue weighted by Crippen LogP contribution is 2.11. The molecule has 1 heterocycles. The zero-order valence-corrected chi connectivity index (χ0v) is 15.4. The summed E-state index contributed by atoms with van der Waals surface area (Å²) in [4.78, 5) is 14.0. The predicted molar refractivity (Wildman–Crippen MR) is 95.6 cm³/mol. The standard InChI is InChI=1S/C16H24ClN3O3S/c1-24(22,23)19-15-7-10-20(11-8-15)12-16(21)18-9-6-13-2-4-14(17)5-3-13/h2-5,15,19H,6-12H2,1H3,(H,18,21). The molecule has 0 atom stereocenters. The molecule has 24 heavy (non-hydrogen) atoms. The average Bonchev–Trinajstić information content (AvgIpc) is 2.50. The smallest absolute Gasteiger partial charge is 0.234 e. The summed E-state index contributed by atoms with van der Waals surface area (Å²) in [5.41, 5.74) is 1.13. The molecule has 1 amide bonds.